The second-order valence-electron chi connectivity index (χ2n) is 8.52. The third-order valence-corrected chi connectivity index (χ3v) is 9.25. The molecule has 6 heteroatoms. The van der Waals surface area contributed by atoms with Gasteiger partial charge in [-0.3, -0.25) is 4.79 Å². The normalized spacial score (nSPS) is 42.1. The van der Waals surface area contributed by atoms with Gasteiger partial charge in [-0.2, -0.15) is 0 Å². The van der Waals surface area contributed by atoms with Crippen molar-refractivity contribution in [1.29, 1.82) is 0 Å². The van der Waals surface area contributed by atoms with Crippen LogP contribution in [0.4, 0.5) is 0 Å². The highest BCUT2D eigenvalue weighted by Gasteiger charge is 2.65. The SMILES string of the molecule is CC(C)(OC(=O)C1C2CC3CS(=O)(=O)C1C3C2)C1CCNCC1. The zero-order valence-electron chi connectivity index (χ0n) is 14.0. The lowest BCUT2D eigenvalue weighted by molar-refractivity contribution is -0.169. The minimum atomic E-state index is -3.12. The molecule has 4 fully saturated rings. The van der Waals surface area contributed by atoms with Crippen molar-refractivity contribution in [3.63, 3.8) is 0 Å². The highest BCUT2D eigenvalue weighted by Crippen LogP contribution is 2.59. The fraction of sp³-hybridized carbons (Fsp3) is 0.941. The molecule has 2 heterocycles. The fourth-order valence-corrected chi connectivity index (χ4v) is 8.63. The van der Waals surface area contributed by atoms with Gasteiger partial charge in [-0.25, -0.2) is 8.42 Å². The summed E-state index contributed by atoms with van der Waals surface area (Å²) in [5.41, 5.74) is -0.511. The Bertz CT molecular complexity index is 606. The predicted octanol–water partition coefficient (Wildman–Crippen LogP) is 1.38. The molecule has 0 radical (unpaired) electrons. The van der Waals surface area contributed by atoms with E-state index in [-0.39, 0.29) is 17.8 Å². The predicted molar refractivity (Wildman–Crippen MR) is 86.5 cm³/mol. The first kappa shape index (κ1) is 15.9. The van der Waals surface area contributed by atoms with E-state index in [0.717, 1.165) is 38.8 Å². The molecule has 0 spiro atoms. The highest BCUT2D eigenvalue weighted by molar-refractivity contribution is 7.92. The smallest absolute Gasteiger partial charge is 0.311 e. The van der Waals surface area contributed by atoms with Crippen LogP contribution in [0.1, 0.15) is 39.5 Å². The zero-order chi connectivity index (χ0) is 16.4. The molecule has 5 nitrogen and oxygen atoms in total. The molecule has 0 aromatic heterocycles. The fourth-order valence-electron chi connectivity index (χ4n) is 5.78. The Morgan fingerprint density at radius 1 is 1.13 bits per heavy atom. The first-order valence-electron chi connectivity index (χ1n) is 8.95. The Balaban J connectivity index is 1.51. The summed E-state index contributed by atoms with van der Waals surface area (Å²) in [4.78, 5) is 12.9. The van der Waals surface area contributed by atoms with E-state index in [1.165, 1.54) is 0 Å². The Kier molecular flexibility index (Phi) is 3.58. The summed E-state index contributed by atoms with van der Waals surface area (Å²) >= 11 is 0. The summed E-state index contributed by atoms with van der Waals surface area (Å²) in [6, 6.07) is 0. The topological polar surface area (TPSA) is 72.5 Å². The first-order valence-corrected chi connectivity index (χ1v) is 10.7. The van der Waals surface area contributed by atoms with Gasteiger partial charge in [0.1, 0.15) is 5.60 Å². The van der Waals surface area contributed by atoms with E-state index < -0.39 is 26.6 Å². The molecule has 2 aliphatic heterocycles. The average Bonchev–Trinajstić information content (AvgIpc) is 3.08. The zero-order valence-corrected chi connectivity index (χ0v) is 14.8. The molecule has 2 saturated heterocycles. The van der Waals surface area contributed by atoms with Gasteiger partial charge in [0.25, 0.3) is 0 Å². The van der Waals surface area contributed by atoms with Gasteiger partial charge < -0.3 is 10.1 Å². The van der Waals surface area contributed by atoms with Gasteiger partial charge in [-0.05, 0) is 70.4 Å². The number of hydrogen-bond donors (Lipinski definition) is 1. The van der Waals surface area contributed by atoms with Crippen LogP contribution in [-0.2, 0) is 19.4 Å². The number of carbonyl (C=O) groups excluding carboxylic acids is 1. The molecular weight excluding hydrogens is 314 g/mol. The van der Waals surface area contributed by atoms with Crippen molar-refractivity contribution >= 4 is 15.8 Å². The summed E-state index contributed by atoms with van der Waals surface area (Å²) < 4.78 is 30.8. The van der Waals surface area contributed by atoms with Crippen molar-refractivity contribution in [2.24, 2.45) is 29.6 Å². The number of sulfone groups is 1. The Labute approximate surface area is 138 Å². The monoisotopic (exact) mass is 341 g/mol. The van der Waals surface area contributed by atoms with Crippen molar-refractivity contribution in [2.45, 2.75) is 50.4 Å². The lowest BCUT2D eigenvalue weighted by Crippen LogP contribution is -2.46. The van der Waals surface area contributed by atoms with Crippen LogP contribution in [0.5, 0.6) is 0 Å². The van der Waals surface area contributed by atoms with E-state index in [2.05, 4.69) is 5.32 Å². The van der Waals surface area contributed by atoms with E-state index in [4.69, 9.17) is 4.74 Å². The lowest BCUT2D eigenvalue weighted by Gasteiger charge is -2.38. The number of hydrogen-bond acceptors (Lipinski definition) is 5. The van der Waals surface area contributed by atoms with Crippen LogP contribution in [0.2, 0.25) is 0 Å². The van der Waals surface area contributed by atoms with Gasteiger partial charge in [-0.15, -0.1) is 0 Å². The van der Waals surface area contributed by atoms with Crippen LogP contribution in [0.25, 0.3) is 0 Å². The molecule has 2 bridgehead atoms. The first-order chi connectivity index (χ1) is 10.8. The molecule has 5 unspecified atom stereocenters. The summed E-state index contributed by atoms with van der Waals surface area (Å²) in [6.45, 7) is 5.89. The van der Waals surface area contributed by atoms with Crippen molar-refractivity contribution in [2.75, 3.05) is 18.8 Å². The maximum absolute atomic E-state index is 12.9. The van der Waals surface area contributed by atoms with Crippen LogP contribution in [0, 0.1) is 29.6 Å². The number of nitrogens with one attached hydrogen (secondary N) is 1. The van der Waals surface area contributed by atoms with Crippen molar-refractivity contribution < 1.29 is 17.9 Å². The van der Waals surface area contributed by atoms with Crippen LogP contribution in [-0.4, -0.2) is 44.1 Å². The minimum Gasteiger partial charge on any atom is -0.459 e. The molecule has 23 heavy (non-hydrogen) atoms. The van der Waals surface area contributed by atoms with Crippen LogP contribution in [0.3, 0.4) is 0 Å². The number of esters is 1. The van der Waals surface area contributed by atoms with Gasteiger partial charge in [0.15, 0.2) is 9.84 Å². The van der Waals surface area contributed by atoms with Gasteiger partial charge in [0, 0.05) is 5.92 Å². The molecule has 4 rings (SSSR count). The number of carbonyl (C=O) groups is 1. The van der Waals surface area contributed by atoms with E-state index in [1.54, 1.807) is 0 Å². The van der Waals surface area contributed by atoms with Crippen molar-refractivity contribution in [1.82, 2.24) is 5.32 Å². The minimum absolute atomic E-state index is 0.213. The van der Waals surface area contributed by atoms with Crippen molar-refractivity contribution in [3.8, 4) is 0 Å². The number of rotatable bonds is 3. The second kappa shape index (κ2) is 5.19. The Morgan fingerprint density at radius 3 is 2.52 bits per heavy atom. The Hall–Kier alpha value is -0.620. The highest BCUT2D eigenvalue weighted by atomic mass is 32.2. The van der Waals surface area contributed by atoms with Gasteiger partial charge in [0.05, 0.1) is 16.9 Å². The summed E-state index contributed by atoms with van der Waals surface area (Å²) in [5, 5.41) is 2.87. The molecule has 1 N–H and O–H groups in total. The molecule has 130 valence electrons. The quantitative estimate of drug-likeness (QED) is 0.785. The van der Waals surface area contributed by atoms with Crippen molar-refractivity contribution in [3.05, 3.63) is 0 Å². The van der Waals surface area contributed by atoms with Gasteiger partial charge >= 0.3 is 5.97 Å². The number of ether oxygens (including phenoxy) is 1. The molecule has 2 aliphatic carbocycles. The average molecular weight is 341 g/mol. The number of piperidine rings is 1. The molecule has 4 aliphatic rings. The lowest BCUT2D eigenvalue weighted by atomic mass is 9.81. The maximum atomic E-state index is 12.9. The third kappa shape index (κ3) is 2.44. The van der Waals surface area contributed by atoms with Gasteiger partial charge in [-0.1, -0.05) is 0 Å². The standard InChI is InChI=1S/C17H27NO4S/c1-17(2,12-3-5-18-6-4-12)22-16(19)14-10-7-11-9-23(20,21)15(14)13(11)8-10/h10-15,18H,3-9H2,1-2H3. The van der Waals surface area contributed by atoms with Crippen LogP contribution >= 0.6 is 0 Å². The molecule has 0 amide bonds. The maximum Gasteiger partial charge on any atom is 0.311 e. The van der Waals surface area contributed by atoms with E-state index in [1.807, 2.05) is 13.8 Å². The van der Waals surface area contributed by atoms with Crippen LogP contribution in [0.15, 0.2) is 0 Å². The van der Waals surface area contributed by atoms with E-state index in [9.17, 15) is 13.2 Å². The molecular formula is C17H27NO4S. The number of fused-ring (bicyclic) bond motifs is 1. The van der Waals surface area contributed by atoms with E-state index in [0.29, 0.717) is 17.6 Å². The summed E-state index contributed by atoms with van der Waals surface area (Å²) in [5.74, 6) is 0.712. The summed E-state index contributed by atoms with van der Waals surface area (Å²) in [6.07, 6.45) is 3.80. The van der Waals surface area contributed by atoms with E-state index >= 15 is 0 Å². The largest absolute Gasteiger partial charge is 0.459 e. The second-order valence-corrected chi connectivity index (χ2v) is 10.7. The molecule has 5 atom stereocenters. The molecule has 0 aromatic rings. The Morgan fingerprint density at radius 2 is 1.83 bits per heavy atom. The van der Waals surface area contributed by atoms with Gasteiger partial charge in [0.2, 0.25) is 0 Å². The molecule has 0 aromatic carbocycles. The van der Waals surface area contributed by atoms with Crippen LogP contribution < -0.4 is 5.32 Å². The molecule has 2 saturated carbocycles. The summed E-state index contributed by atoms with van der Waals surface area (Å²) in [7, 11) is -3.12. The third-order valence-electron chi connectivity index (χ3n) is 6.89.